The Kier molecular flexibility index (Phi) is 11.6. The SMILES string of the molecule is CC1(C)c2ccccc2C2(c3cc(-c4ccccc4)ccc3-n3c(=O)c4c(-c5ccc(-c6cc7c8c(c6)c6ccccc6c(=O)n8-c6ccc(-c8ccccc8)cc6C76c7ccccc7S(=O)(=O)c7ccccc76)cc5)cccc4c4cc(-c5ccccc5)cc2c43)c2ccccc21. The molecule has 0 saturated heterocycles. The molecule has 0 bridgehead atoms. The van der Waals surface area contributed by atoms with E-state index in [0.29, 0.717) is 33.1 Å². The maximum absolute atomic E-state index is 16.8. The summed E-state index contributed by atoms with van der Waals surface area (Å²) in [6.07, 6.45) is 0. The molecule has 3 aliphatic heterocycles. The van der Waals surface area contributed by atoms with Crippen molar-refractivity contribution in [1.29, 1.82) is 0 Å². The first-order valence-electron chi connectivity index (χ1n) is 33.5. The predicted molar refractivity (Wildman–Crippen MR) is 396 cm³/mol. The van der Waals surface area contributed by atoms with Crippen molar-refractivity contribution in [1.82, 2.24) is 9.13 Å². The van der Waals surface area contributed by atoms with Gasteiger partial charge in [-0.1, -0.05) is 263 Å². The van der Waals surface area contributed by atoms with Crippen molar-refractivity contribution in [2.75, 3.05) is 0 Å². The van der Waals surface area contributed by atoms with Gasteiger partial charge in [-0.25, -0.2) is 8.42 Å². The highest BCUT2D eigenvalue weighted by Gasteiger charge is 2.55. The summed E-state index contributed by atoms with van der Waals surface area (Å²) in [7, 11) is -4.03. The molecule has 0 radical (unpaired) electrons. The molecular formula is C91H58N2O4S. The summed E-state index contributed by atoms with van der Waals surface area (Å²) >= 11 is 0. The summed E-state index contributed by atoms with van der Waals surface area (Å²) in [4.78, 5) is 32.8. The number of aromatic nitrogens is 2. The second-order valence-corrected chi connectivity index (χ2v) is 29.1. The minimum absolute atomic E-state index is 0.107. The highest BCUT2D eigenvalue weighted by molar-refractivity contribution is 7.91. The van der Waals surface area contributed by atoms with Crippen LogP contribution in [0, 0.1) is 0 Å². The zero-order valence-corrected chi connectivity index (χ0v) is 54.3. The Morgan fingerprint density at radius 3 is 1.15 bits per heavy atom. The fraction of sp³-hybridized carbons (Fsp3) is 0.0549. The first-order chi connectivity index (χ1) is 48.0. The molecule has 0 N–H and O–H groups in total. The van der Waals surface area contributed by atoms with E-state index in [4.69, 9.17) is 0 Å². The van der Waals surface area contributed by atoms with E-state index >= 15 is 18.0 Å². The molecule has 0 fully saturated rings. The molecule has 0 atom stereocenters. The quantitative estimate of drug-likeness (QED) is 0.161. The van der Waals surface area contributed by atoms with E-state index in [1.54, 1.807) is 24.3 Å². The molecule has 1 aliphatic carbocycles. The van der Waals surface area contributed by atoms with Crippen molar-refractivity contribution in [2.45, 2.75) is 39.9 Å². The molecule has 6 nitrogen and oxygen atoms in total. The smallest absolute Gasteiger partial charge is 0.264 e. The lowest BCUT2D eigenvalue weighted by molar-refractivity contribution is 0.555. The number of pyridine rings is 2. The number of benzene rings is 14. The second kappa shape index (κ2) is 20.3. The molecule has 14 aromatic carbocycles. The Hall–Kier alpha value is -12.0. The van der Waals surface area contributed by atoms with Gasteiger partial charge in [0.05, 0.1) is 48.4 Å². The van der Waals surface area contributed by atoms with Crippen molar-refractivity contribution >= 4 is 53.2 Å². The van der Waals surface area contributed by atoms with Gasteiger partial charge >= 0.3 is 0 Å². The van der Waals surface area contributed by atoms with Crippen molar-refractivity contribution in [3.8, 4) is 67.0 Å². The first-order valence-corrected chi connectivity index (χ1v) is 34.9. The highest BCUT2D eigenvalue weighted by Crippen LogP contribution is 2.62. The largest absolute Gasteiger partial charge is 0.276 e. The molecule has 16 aromatic rings. The van der Waals surface area contributed by atoms with E-state index in [1.807, 2.05) is 81.9 Å². The monoisotopic (exact) mass is 1270 g/mol. The molecule has 462 valence electrons. The molecule has 4 aliphatic rings. The average Bonchev–Trinajstić information content (AvgIpc) is 0.668. The van der Waals surface area contributed by atoms with Gasteiger partial charge in [0.15, 0.2) is 0 Å². The zero-order valence-electron chi connectivity index (χ0n) is 53.5. The summed E-state index contributed by atoms with van der Waals surface area (Å²) < 4.78 is 34.3. The predicted octanol–water partition coefficient (Wildman–Crippen LogP) is 20.1. The molecule has 20 rings (SSSR count). The van der Waals surface area contributed by atoms with Crippen LogP contribution in [-0.4, -0.2) is 17.6 Å². The molecular weight excluding hydrogens is 1220 g/mol. The summed E-state index contributed by atoms with van der Waals surface area (Å²) in [6, 6.07) is 109. The lowest BCUT2D eigenvalue weighted by Crippen LogP contribution is -2.45. The summed E-state index contributed by atoms with van der Waals surface area (Å²) in [5.74, 6) is 0. The lowest BCUT2D eigenvalue weighted by Gasteiger charge is -2.50. The Morgan fingerprint density at radius 1 is 0.265 bits per heavy atom. The standard InChI is InChI=1S/C91H58N2O4S/c1-89(2)70-33-14-16-35-72(70)90(73-36-17-15-34-71(73)89)76-51-60(55-23-6-3-7-24-55)46-48-81(76)93-86-69(50-62(53-78(86)90)57-27-10-5-11-28-57)66-32-22-31-64(84(66)88(93)95)59-43-41-58(42-44-59)63-49-68-65-29-12-13-30-67(65)87(94)92-80-47-45-61(56-25-8-4-9-26-56)52-77(80)91(79(54-63)85(68)92)74-37-18-20-39-82(74)98(96,97)83-40-21-19-38-75(83)91/h3-54H,1-2H3. The molecule has 5 heterocycles. The fourth-order valence-electron chi connectivity index (χ4n) is 18.0. The van der Waals surface area contributed by atoms with Gasteiger partial charge in [-0.3, -0.25) is 18.7 Å². The Morgan fingerprint density at radius 2 is 0.633 bits per heavy atom. The van der Waals surface area contributed by atoms with Crippen LogP contribution in [0.15, 0.2) is 335 Å². The molecule has 98 heavy (non-hydrogen) atoms. The first kappa shape index (κ1) is 56.3. The van der Waals surface area contributed by atoms with Crippen LogP contribution in [-0.2, 0) is 26.1 Å². The molecule has 7 heteroatoms. The number of nitrogens with zero attached hydrogens (tertiary/aromatic N) is 2. The highest BCUT2D eigenvalue weighted by atomic mass is 32.2. The molecule has 0 amide bonds. The summed E-state index contributed by atoms with van der Waals surface area (Å²) in [5, 5.41) is 4.68. The van der Waals surface area contributed by atoms with Crippen molar-refractivity contribution in [3.63, 3.8) is 0 Å². The van der Waals surface area contributed by atoms with Gasteiger partial charge in [-0.2, -0.15) is 0 Å². The van der Waals surface area contributed by atoms with Crippen LogP contribution < -0.4 is 11.1 Å². The number of fused-ring (bicyclic) bond motifs is 20. The second-order valence-electron chi connectivity index (χ2n) is 27.2. The number of sulfone groups is 1. The molecule has 0 unspecified atom stereocenters. The number of hydrogen-bond acceptors (Lipinski definition) is 4. The maximum atomic E-state index is 16.8. The van der Waals surface area contributed by atoms with Gasteiger partial charge in [0.25, 0.3) is 11.1 Å². The third kappa shape index (κ3) is 7.32. The van der Waals surface area contributed by atoms with Gasteiger partial charge in [0.1, 0.15) is 0 Å². The Bertz CT molecular complexity index is 6340. The Balaban J connectivity index is 0.852. The number of hydrogen-bond donors (Lipinski definition) is 0. The van der Waals surface area contributed by atoms with E-state index in [9.17, 15) is 0 Å². The van der Waals surface area contributed by atoms with Gasteiger partial charge in [0.2, 0.25) is 9.84 Å². The van der Waals surface area contributed by atoms with Gasteiger partial charge in [-0.15, -0.1) is 0 Å². The van der Waals surface area contributed by atoms with Crippen LogP contribution in [0.2, 0.25) is 0 Å². The van der Waals surface area contributed by atoms with Crippen LogP contribution in [0.3, 0.4) is 0 Å². The minimum Gasteiger partial charge on any atom is -0.276 e. The average molecular weight is 1280 g/mol. The molecule has 0 saturated carbocycles. The lowest BCUT2D eigenvalue weighted by atomic mass is 9.53. The minimum atomic E-state index is -4.03. The van der Waals surface area contributed by atoms with Crippen LogP contribution in [0.4, 0.5) is 0 Å². The topological polar surface area (TPSA) is 78.1 Å². The van der Waals surface area contributed by atoms with Crippen molar-refractivity contribution in [2.24, 2.45) is 0 Å². The molecule has 2 aromatic heterocycles. The zero-order chi connectivity index (χ0) is 65.6. The normalized spacial score (nSPS) is 14.9. The van der Waals surface area contributed by atoms with E-state index in [0.717, 1.165) is 111 Å². The summed E-state index contributed by atoms with van der Waals surface area (Å²) in [6.45, 7) is 4.69. The van der Waals surface area contributed by atoms with Crippen LogP contribution >= 0.6 is 0 Å². The Labute approximate surface area is 565 Å². The fourth-order valence-corrected chi connectivity index (χ4v) is 19.8. The summed E-state index contributed by atoms with van der Waals surface area (Å²) in [5.41, 5.74) is 19.9. The maximum Gasteiger partial charge on any atom is 0.264 e. The van der Waals surface area contributed by atoms with Crippen LogP contribution in [0.5, 0.6) is 0 Å². The molecule has 2 spiro atoms. The van der Waals surface area contributed by atoms with Crippen LogP contribution in [0.1, 0.15) is 69.5 Å². The van der Waals surface area contributed by atoms with Gasteiger partial charge in [-0.05, 0) is 189 Å². The third-order valence-corrected chi connectivity index (χ3v) is 24.1. The van der Waals surface area contributed by atoms with Crippen molar-refractivity contribution < 1.29 is 8.42 Å². The van der Waals surface area contributed by atoms with Gasteiger partial charge in [0, 0.05) is 21.6 Å². The van der Waals surface area contributed by atoms with Gasteiger partial charge < -0.3 is 0 Å². The van der Waals surface area contributed by atoms with E-state index in [-0.39, 0.29) is 26.3 Å². The van der Waals surface area contributed by atoms with E-state index < -0.39 is 20.7 Å². The van der Waals surface area contributed by atoms with Crippen molar-refractivity contribution in [3.05, 3.63) is 392 Å². The third-order valence-electron chi connectivity index (χ3n) is 22.2. The van der Waals surface area contributed by atoms with E-state index in [1.165, 1.54) is 22.3 Å². The number of rotatable bonds is 5. The van der Waals surface area contributed by atoms with E-state index in [2.05, 4.69) is 232 Å². The van der Waals surface area contributed by atoms with Crippen LogP contribution in [0.25, 0.3) is 110 Å².